The van der Waals surface area contributed by atoms with Crippen molar-refractivity contribution in [2.75, 3.05) is 0 Å². The molecule has 2 rings (SSSR count). The molecule has 2 aliphatic carbocycles. The van der Waals surface area contributed by atoms with E-state index in [4.69, 9.17) is 4.74 Å². The number of hydrogen-bond acceptors (Lipinski definition) is 3. The molecule has 4 atom stereocenters. The van der Waals surface area contributed by atoms with E-state index >= 15 is 0 Å². The highest BCUT2D eigenvalue weighted by atomic mass is 16.6. The van der Waals surface area contributed by atoms with Gasteiger partial charge >= 0.3 is 5.97 Å². The van der Waals surface area contributed by atoms with E-state index in [1.165, 1.54) is 12.5 Å². The van der Waals surface area contributed by atoms with Gasteiger partial charge in [-0.15, -0.1) is 0 Å². The Morgan fingerprint density at radius 1 is 1.35 bits per heavy atom. The van der Waals surface area contributed by atoms with Gasteiger partial charge in [-0.25, -0.2) is 0 Å². The predicted molar refractivity (Wildman–Crippen MR) is 79.1 cm³/mol. The van der Waals surface area contributed by atoms with Gasteiger partial charge in [-0.2, -0.15) is 0 Å². The molecule has 1 N–H and O–H groups in total. The molecule has 0 aromatic heterocycles. The monoisotopic (exact) mass is 278 g/mol. The molecule has 0 saturated heterocycles. The summed E-state index contributed by atoms with van der Waals surface area (Å²) in [5, 5.41) is 10.3. The number of allylic oxidation sites excluding steroid dienone is 2. The van der Waals surface area contributed by atoms with Gasteiger partial charge in [0.1, 0.15) is 6.10 Å². The molecule has 4 unspecified atom stereocenters. The van der Waals surface area contributed by atoms with E-state index in [2.05, 4.69) is 19.9 Å². The molecular weight excluding hydrogens is 252 g/mol. The van der Waals surface area contributed by atoms with E-state index in [-0.39, 0.29) is 5.97 Å². The third-order valence-electron chi connectivity index (χ3n) is 4.94. The van der Waals surface area contributed by atoms with Gasteiger partial charge in [-0.1, -0.05) is 31.6 Å². The zero-order chi connectivity index (χ0) is 15.1. The largest absolute Gasteiger partial charge is 0.455 e. The summed E-state index contributed by atoms with van der Waals surface area (Å²) in [6, 6.07) is 0. The maximum Gasteiger partial charge on any atom is 0.303 e. The van der Waals surface area contributed by atoms with E-state index in [1.807, 2.05) is 19.9 Å². The maximum absolute atomic E-state index is 11.3. The molecule has 0 bridgehead atoms. The summed E-state index contributed by atoms with van der Waals surface area (Å²) in [6.45, 7) is 9.96. The Bertz CT molecular complexity index is 459. The first-order valence-corrected chi connectivity index (χ1v) is 7.44. The van der Waals surface area contributed by atoms with Crippen molar-refractivity contribution in [3.8, 4) is 0 Å². The highest BCUT2D eigenvalue weighted by molar-refractivity contribution is 5.66. The van der Waals surface area contributed by atoms with Crippen molar-refractivity contribution in [2.24, 2.45) is 17.3 Å². The Labute approximate surface area is 121 Å². The number of ether oxygens (including phenoxy) is 1. The van der Waals surface area contributed by atoms with Crippen LogP contribution in [0.15, 0.2) is 23.3 Å². The lowest BCUT2D eigenvalue weighted by Crippen LogP contribution is -2.31. The van der Waals surface area contributed by atoms with Gasteiger partial charge in [-0.05, 0) is 49.5 Å². The summed E-state index contributed by atoms with van der Waals surface area (Å²) in [4.78, 5) is 11.3. The fourth-order valence-electron chi connectivity index (χ4n) is 3.50. The normalized spacial score (nSPS) is 36.3. The van der Waals surface area contributed by atoms with Crippen molar-refractivity contribution < 1.29 is 14.6 Å². The van der Waals surface area contributed by atoms with Crippen LogP contribution in [0.5, 0.6) is 0 Å². The Morgan fingerprint density at radius 3 is 2.60 bits per heavy atom. The second kappa shape index (κ2) is 5.36. The van der Waals surface area contributed by atoms with Gasteiger partial charge in [0.2, 0.25) is 0 Å². The molecule has 0 aromatic rings. The van der Waals surface area contributed by atoms with Crippen LogP contribution in [0.1, 0.15) is 47.5 Å². The van der Waals surface area contributed by atoms with E-state index in [0.717, 1.165) is 18.4 Å². The number of rotatable bonds is 1. The molecule has 0 aromatic carbocycles. The lowest BCUT2D eigenvalue weighted by molar-refractivity contribution is -0.148. The molecule has 1 fully saturated rings. The number of carbonyl (C=O) groups is 1. The molecule has 20 heavy (non-hydrogen) atoms. The average molecular weight is 278 g/mol. The van der Waals surface area contributed by atoms with Crippen molar-refractivity contribution in [3.63, 3.8) is 0 Å². The molecule has 0 amide bonds. The maximum atomic E-state index is 11.3. The van der Waals surface area contributed by atoms with Crippen LogP contribution < -0.4 is 0 Å². The summed E-state index contributed by atoms with van der Waals surface area (Å²) in [7, 11) is 0. The number of aliphatic hydroxyl groups excluding tert-OH is 1. The van der Waals surface area contributed by atoms with Gasteiger partial charge in [0, 0.05) is 6.92 Å². The van der Waals surface area contributed by atoms with Crippen LogP contribution in [0.2, 0.25) is 0 Å². The quantitative estimate of drug-likeness (QED) is 0.591. The first-order chi connectivity index (χ1) is 9.23. The van der Waals surface area contributed by atoms with Gasteiger partial charge in [0.05, 0.1) is 0 Å². The number of fused-ring (bicyclic) bond motifs is 1. The molecule has 0 radical (unpaired) electrons. The van der Waals surface area contributed by atoms with Crippen LogP contribution in [0.3, 0.4) is 0 Å². The van der Waals surface area contributed by atoms with Crippen molar-refractivity contribution in [3.05, 3.63) is 23.3 Å². The van der Waals surface area contributed by atoms with E-state index in [1.54, 1.807) is 0 Å². The SMILES string of the molecule is CC(=O)OC1C(C)=CC2C(CCC(C)=CC1O)C2(C)C. The third-order valence-corrected chi connectivity index (χ3v) is 4.94. The fourth-order valence-corrected chi connectivity index (χ4v) is 3.50. The topological polar surface area (TPSA) is 46.5 Å². The van der Waals surface area contributed by atoms with Gasteiger partial charge < -0.3 is 9.84 Å². The fraction of sp³-hybridized carbons (Fsp3) is 0.706. The molecule has 1 saturated carbocycles. The summed E-state index contributed by atoms with van der Waals surface area (Å²) in [5.41, 5.74) is 2.45. The third kappa shape index (κ3) is 2.98. The lowest BCUT2D eigenvalue weighted by Gasteiger charge is -2.23. The Morgan fingerprint density at radius 2 is 2.00 bits per heavy atom. The summed E-state index contributed by atoms with van der Waals surface area (Å²) < 4.78 is 5.33. The highest BCUT2D eigenvalue weighted by Gasteiger charge is 2.55. The van der Waals surface area contributed by atoms with Crippen molar-refractivity contribution in [1.29, 1.82) is 0 Å². The number of carbonyl (C=O) groups excluding carboxylic acids is 1. The minimum atomic E-state index is -0.756. The predicted octanol–water partition coefficient (Wildman–Crippen LogP) is 3.24. The van der Waals surface area contributed by atoms with Crippen LogP contribution in [0.4, 0.5) is 0 Å². The van der Waals surface area contributed by atoms with Gasteiger partial charge in [0.15, 0.2) is 6.10 Å². The minimum absolute atomic E-state index is 0.317. The van der Waals surface area contributed by atoms with E-state index < -0.39 is 12.2 Å². The van der Waals surface area contributed by atoms with E-state index in [9.17, 15) is 9.90 Å². The highest BCUT2D eigenvalue weighted by Crippen LogP contribution is 2.61. The van der Waals surface area contributed by atoms with E-state index in [0.29, 0.717) is 17.3 Å². The molecule has 0 spiro atoms. The Hall–Kier alpha value is -1.09. The molecule has 0 aliphatic heterocycles. The number of aliphatic hydroxyl groups is 1. The first kappa shape index (κ1) is 15.3. The van der Waals surface area contributed by atoms with Gasteiger partial charge in [-0.3, -0.25) is 4.79 Å². The molecular formula is C17H26O3. The van der Waals surface area contributed by atoms with Crippen LogP contribution in [-0.4, -0.2) is 23.3 Å². The minimum Gasteiger partial charge on any atom is -0.455 e. The molecule has 3 heteroatoms. The standard InChI is InChI=1S/C17H26O3/c1-10-6-7-13-14(17(13,4)5)9-11(2)16(15(19)8-10)20-12(3)18/h8-9,13-16,19H,6-7H2,1-5H3. The lowest BCUT2D eigenvalue weighted by atomic mass is 9.97. The number of hydrogen-bond donors (Lipinski definition) is 1. The summed E-state index contributed by atoms with van der Waals surface area (Å²) in [5.74, 6) is 0.865. The van der Waals surface area contributed by atoms with Crippen LogP contribution >= 0.6 is 0 Å². The number of esters is 1. The molecule has 0 heterocycles. The van der Waals surface area contributed by atoms with Crippen LogP contribution in [0, 0.1) is 17.3 Å². The smallest absolute Gasteiger partial charge is 0.303 e. The summed E-state index contributed by atoms with van der Waals surface area (Å²) >= 11 is 0. The van der Waals surface area contributed by atoms with Crippen LogP contribution in [0.25, 0.3) is 0 Å². The Balaban J connectivity index is 2.31. The Kier molecular flexibility index (Phi) is 4.10. The second-order valence-corrected chi connectivity index (χ2v) is 6.94. The zero-order valence-corrected chi connectivity index (χ0v) is 13.1. The molecule has 112 valence electrons. The van der Waals surface area contributed by atoms with Crippen molar-refractivity contribution in [1.82, 2.24) is 0 Å². The van der Waals surface area contributed by atoms with Gasteiger partial charge in [0.25, 0.3) is 0 Å². The average Bonchev–Trinajstić information content (AvgIpc) is 2.83. The molecule has 2 aliphatic rings. The van der Waals surface area contributed by atoms with Crippen LogP contribution in [-0.2, 0) is 9.53 Å². The second-order valence-electron chi connectivity index (χ2n) is 6.94. The molecule has 3 nitrogen and oxygen atoms in total. The zero-order valence-electron chi connectivity index (χ0n) is 13.1. The first-order valence-electron chi connectivity index (χ1n) is 7.44. The van der Waals surface area contributed by atoms with Crippen molar-refractivity contribution >= 4 is 5.97 Å². The summed E-state index contributed by atoms with van der Waals surface area (Å²) in [6.07, 6.45) is 4.89. The van der Waals surface area contributed by atoms with Crippen molar-refractivity contribution in [2.45, 2.75) is 59.7 Å².